The minimum Gasteiger partial charge on any atom is -0.311 e. The summed E-state index contributed by atoms with van der Waals surface area (Å²) in [5.74, 6) is 0.901. The molecular weight excluding hydrogens is 232 g/mol. The number of benzene rings is 1. The second kappa shape index (κ2) is 4.92. The molecule has 1 aromatic rings. The van der Waals surface area contributed by atoms with Crippen molar-refractivity contribution in [3.63, 3.8) is 0 Å². The van der Waals surface area contributed by atoms with Crippen molar-refractivity contribution in [1.29, 1.82) is 0 Å². The highest BCUT2D eigenvalue weighted by atomic mass is 15.3. The third-order valence-corrected chi connectivity index (χ3v) is 4.98. The van der Waals surface area contributed by atoms with Crippen molar-refractivity contribution in [3.8, 4) is 0 Å². The van der Waals surface area contributed by atoms with Gasteiger partial charge in [0.2, 0.25) is 0 Å². The van der Waals surface area contributed by atoms with Crippen LogP contribution < -0.4 is 5.32 Å². The van der Waals surface area contributed by atoms with Crippen LogP contribution in [0.15, 0.2) is 24.3 Å². The largest absolute Gasteiger partial charge is 0.311 e. The SMILES string of the molecule is Cc1ccc(CN2CC(C)NCC2(C)C2CC2)cc1. The van der Waals surface area contributed by atoms with Gasteiger partial charge in [-0.1, -0.05) is 29.8 Å². The molecule has 0 aromatic heterocycles. The van der Waals surface area contributed by atoms with Crippen LogP contribution in [0, 0.1) is 12.8 Å². The van der Waals surface area contributed by atoms with Gasteiger partial charge in [0.05, 0.1) is 0 Å². The average molecular weight is 258 g/mol. The van der Waals surface area contributed by atoms with E-state index in [0.717, 1.165) is 19.0 Å². The first kappa shape index (κ1) is 13.1. The van der Waals surface area contributed by atoms with Gasteiger partial charge < -0.3 is 5.32 Å². The van der Waals surface area contributed by atoms with E-state index in [0.29, 0.717) is 11.6 Å². The summed E-state index contributed by atoms with van der Waals surface area (Å²) in [5.41, 5.74) is 3.16. The minimum atomic E-state index is 0.359. The Morgan fingerprint density at radius 3 is 2.58 bits per heavy atom. The van der Waals surface area contributed by atoms with Gasteiger partial charge in [-0.25, -0.2) is 0 Å². The summed E-state index contributed by atoms with van der Waals surface area (Å²) in [6.45, 7) is 10.3. The Morgan fingerprint density at radius 2 is 1.95 bits per heavy atom. The average Bonchev–Trinajstić information content (AvgIpc) is 3.21. The molecule has 1 N–H and O–H groups in total. The van der Waals surface area contributed by atoms with E-state index in [1.807, 2.05) is 0 Å². The molecule has 1 aliphatic carbocycles. The highest BCUT2D eigenvalue weighted by Crippen LogP contribution is 2.44. The Hall–Kier alpha value is -0.860. The molecule has 0 spiro atoms. The van der Waals surface area contributed by atoms with Crippen LogP contribution in [0.5, 0.6) is 0 Å². The molecule has 2 atom stereocenters. The minimum absolute atomic E-state index is 0.359. The van der Waals surface area contributed by atoms with Gasteiger partial charge in [-0.3, -0.25) is 4.90 Å². The number of nitrogens with one attached hydrogen (secondary N) is 1. The summed E-state index contributed by atoms with van der Waals surface area (Å²) in [4.78, 5) is 2.72. The Labute approximate surface area is 117 Å². The second-order valence-corrected chi connectivity index (χ2v) is 6.78. The predicted molar refractivity (Wildman–Crippen MR) is 80.2 cm³/mol. The third kappa shape index (κ3) is 2.70. The van der Waals surface area contributed by atoms with Gasteiger partial charge >= 0.3 is 0 Å². The van der Waals surface area contributed by atoms with Crippen molar-refractivity contribution in [1.82, 2.24) is 10.2 Å². The molecule has 2 unspecified atom stereocenters. The van der Waals surface area contributed by atoms with Crippen LogP contribution in [0.3, 0.4) is 0 Å². The van der Waals surface area contributed by atoms with Crippen LogP contribution in [-0.4, -0.2) is 29.6 Å². The van der Waals surface area contributed by atoms with Crippen LogP contribution in [0.4, 0.5) is 0 Å². The molecule has 1 saturated heterocycles. The third-order valence-electron chi connectivity index (χ3n) is 4.98. The summed E-state index contributed by atoms with van der Waals surface area (Å²) in [6.07, 6.45) is 2.83. The molecule has 2 heteroatoms. The molecule has 0 amide bonds. The van der Waals surface area contributed by atoms with E-state index in [1.54, 1.807) is 0 Å². The fraction of sp³-hybridized carbons (Fsp3) is 0.647. The van der Waals surface area contributed by atoms with Crippen molar-refractivity contribution >= 4 is 0 Å². The zero-order chi connectivity index (χ0) is 13.5. The summed E-state index contributed by atoms with van der Waals surface area (Å²) in [5, 5.41) is 3.68. The first-order valence-electron chi connectivity index (χ1n) is 7.62. The zero-order valence-corrected chi connectivity index (χ0v) is 12.4. The van der Waals surface area contributed by atoms with Crippen molar-refractivity contribution in [2.24, 2.45) is 5.92 Å². The lowest BCUT2D eigenvalue weighted by atomic mass is 9.89. The van der Waals surface area contributed by atoms with Crippen LogP contribution in [-0.2, 0) is 6.54 Å². The first-order valence-corrected chi connectivity index (χ1v) is 7.62. The van der Waals surface area contributed by atoms with Crippen LogP contribution in [0.1, 0.15) is 37.8 Å². The maximum absolute atomic E-state index is 3.68. The van der Waals surface area contributed by atoms with Crippen molar-refractivity contribution < 1.29 is 0 Å². The fourth-order valence-corrected chi connectivity index (χ4v) is 3.36. The summed E-state index contributed by atoms with van der Waals surface area (Å²) in [7, 11) is 0. The van der Waals surface area contributed by atoms with Gasteiger partial charge in [0, 0.05) is 31.2 Å². The van der Waals surface area contributed by atoms with E-state index < -0.39 is 0 Å². The molecule has 2 nitrogen and oxygen atoms in total. The smallest absolute Gasteiger partial charge is 0.0338 e. The lowest BCUT2D eigenvalue weighted by Crippen LogP contribution is -2.63. The number of rotatable bonds is 3. The zero-order valence-electron chi connectivity index (χ0n) is 12.4. The number of aryl methyl sites for hydroxylation is 1. The molecule has 2 fully saturated rings. The van der Waals surface area contributed by atoms with E-state index >= 15 is 0 Å². The van der Waals surface area contributed by atoms with Gasteiger partial charge in [-0.05, 0) is 45.1 Å². The molecule has 1 saturated carbocycles. The number of nitrogens with zero attached hydrogens (tertiary/aromatic N) is 1. The Morgan fingerprint density at radius 1 is 1.26 bits per heavy atom. The molecule has 3 rings (SSSR count). The molecular formula is C17H26N2. The Bertz CT molecular complexity index is 435. The molecule has 0 radical (unpaired) electrons. The normalized spacial score (nSPS) is 32.5. The van der Waals surface area contributed by atoms with Gasteiger partial charge in [-0.2, -0.15) is 0 Å². The highest BCUT2D eigenvalue weighted by Gasteiger charge is 2.47. The van der Waals surface area contributed by atoms with E-state index in [2.05, 4.69) is 55.3 Å². The summed E-state index contributed by atoms with van der Waals surface area (Å²) in [6, 6.07) is 9.65. The van der Waals surface area contributed by atoms with E-state index in [1.165, 1.54) is 30.5 Å². The van der Waals surface area contributed by atoms with Crippen LogP contribution in [0.25, 0.3) is 0 Å². The molecule has 19 heavy (non-hydrogen) atoms. The topological polar surface area (TPSA) is 15.3 Å². The van der Waals surface area contributed by atoms with E-state index in [9.17, 15) is 0 Å². The van der Waals surface area contributed by atoms with Crippen molar-refractivity contribution in [2.75, 3.05) is 13.1 Å². The maximum Gasteiger partial charge on any atom is 0.0338 e. The van der Waals surface area contributed by atoms with Crippen LogP contribution >= 0.6 is 0 Å². The Kier molecular flexibility index (Phi) is 3.40. The van der Waals surface area contributed by atoms with Gasteiger partial charge in [0.15, 0.2) is 0 Å². The summed E-state index contributed by atoms with van der Waals surface area (Å²) >= 11 is 0. The molecule has 1 heterocycles. The molecule has 2 aliphatic rings. The Balaban J connectivity index is 1.77. The molecule has 1 aromatic carbocycles. The van der Waals surface area contributed by atoms with E-state index in [4.69, 9.17) is 0 Å². The molecule has 1 aliphatic heterocycles. The monoisotopic (exact) mass is 258 g/mol. The number of hydrogen-bond acceptors (Lipinski definition) is 2. The second-order valence-electron chi connectivity index (χ2n) is 6.78. The molecule has 104 valence electrons. The van der Waals surface area contributed by atoms with Gasteiger partial charge in [0.1, 0.15) is 0 Å². The number of piperazine rings is 1. The standard InChI is InChI=1S/C17H26N2/c1-13-4-6-15(7-5-13)11-19-10-14(2)18-12-17(19,3)16-8-9-16/h4-7,14,16,18H,8-12H2,1-3H3. The van der Waals surface area contributed by atoms with Crippen molar-refractivity contribution in [2.45, 2.75) is 51.7 Å². The van der Waals surface area contributed by atoms with Crippen molar-refractivity contribution in [3.05, 3.63) is 35.4 Å². The predicted octanol–water partition coefficient (Wildman–Crippen LogP) is 2.96. The first-order chi connectivity index (χ1) is 9.08. The summed E-state index contributed by atoms with van der Waals surface area (Å²) < 4.78 is 0. The lowest BCUT2D eigenvalue weighted by molar-refractivity contribution is 0.0312. The van der Waals surface area contributed by atoms with E-state index in [-0.39, 0.29) is 0 Å². The number of hydrogen-bond donors (Lipinski definition) is 1. The highest BCUT2D eigenvalue weighted by molar-refractivity contribution is 5.22. The quantitative estimate of drug-likeness (QED) is 0.896. The van der Waals surface area contributed by atoms with Crippen LogP contribution in [0.2, 0.25) is 0 Å². The fourth-order valence-electron chi connectivity index (χ4n) is 3.36. The molecule has 0 bridgehead atoms. The lowest BCUT2D eigenvalue weighted by Gasteiger charge is -2.48. The maximum atomic E-state index is 3.68. The van der Waals surface area contributed by atoms with Gasteiger partial charge in [0.25, 0.3) is 0 Å². The van der Waals surface area contributed by atoms with Gasteiger partial charge in [-0.15, -0.1) is 0 Å².